The molecule has 114 valence electrons. The van der Waals surface area contributed by atoms with Crippen molar-refractivity contribution >= 4 is 11.9 Å². The summed E-state index contributed by atoms with van der Waals surface area (Å²) in [5.41, 5.74) is 1.35. The molecule has 0 N–H and O–H groups in total. The molecule has 0 amide bonds. The van der Waals surface area contributed by atoms with E-state index in [0.717, 1.165) is 5.56 Å². The van der Waals surface area contributed by atoms with Gasteiger partial charge in [-0.2, -0.15) is 0 Å². The first-order valence-corrected chi connectivity index (χ1v) is 7.00. The van der Waals surface area contributed by atoms with Gasteiger partial charge in [0.2, 0.25) is 6.10 Å². The third kappa shape index (κ3) is 4.41. The number of hydrogen-bond acceptors (Lipinski definition) is 5. The van der Waals surface area contributed by atoms with Crippen LogP contribution in [0.25, 0.3) is 0 Å². The molecule has 1 aromatic heterocycles. The van der Waals surface area contributed by atoms with E-state index < -0.39 is 18.0 Å². The molecule has 0 saturated heterocycles. The Kier molecular flexibility index (Phi) is 5.65. The molecule has 2 rings (SSSR count). The highest BCUT2D eigenvalue weighted by atomic mass is 16.6. The average Bonchev–Trinajstić information content (AvgIpc) is 2.59. The smallest absolute Gasteiger partial charge is 0.352 e. The van der Waals surface area contributed by atoms with Crippen LogP contribution in [0.15, 0.2) is 54.9 Å². The van der Waals surface area contributed by atoms with E-state index >= 15 is 0 Å². The minimum Gasteiger partial charge on any atom is -0.458 e. The number of benzene rings is 1. The minimum absolute atomic E-state index is 0.125. The summed E-state index contributed by atoms with van der Waals surface area (Å²) in [6, 6.07) is 12.6. The second kappa shape index (κ2) is 7.93. The number of nitrogens with zero attached hydrogens (tertiary/aromatic N) is 1. The molecule has 0 radical (unpaired) electrons. The van der Waals surface area contributed by atoms with Gasteiger partial charge in [-0.15, -0.1) is 0 Å². The largest absolute Gasteiger partial charge is 0.458 e. The number of ether oxygens (including phenoxy) is 2. The minimum atomic E-state index is -1.09. The molecule has 0 aliphatic carbocycles. The highest BCUT2D eigenvalue weighted by Gasteiger charge is 2.26. The highest BCUT2D eigenvalue weighted by Crippen LogP contribution is 2.19. The molecule has 1 aromatic carbocycles. The van der Waals surface area contributed by atoms with Gasteiger partial charge in [0.1, 0.15) is 6.61 Å². The van der Waals surface area contributed by atoms with E-state index in [0.29, 0.717) is 5.56 Å². The van der Waals surface area contributed by atoms with E-state index in [4.69, 9.17) is 9.47 Å². The van der Waals surface area contributed by atoms with Crippen LogP contribution in [-0.2, 0) is 25.7 Å². The zero-order valence-corrected chi connectivity index (χ0v) is 12.3. The Hall–Kier alpha value is -2.69. The van der Waals surface area contributed by atoms with Crippen LogP contribution in [0.2, 0.25) is 0 Å². The summed E-state index contributed by atoms with van der Waals surface area (Å²) >= 11 is 0. The fourth-order valence-electron chi connectivity index (χ4n) is 1.80. The standard InChI is InChI=1S/C17H17NO4/c1-2-15(19)22-16(14-9-6-10-18-11-14)17(20)21-12-13-7-4-3-5-8-13/h3-11,16H,2,12H2,1H3. The molecule has 0 fully saturated rings. The third-order valence-electron chi connectivity index (χ3n) is 2.96. The summed E-state index contributed by atoms with van der Waals surface area (Å²) in [6.07, 6.45) is 2.15. The lowest BCUT2D eigenvalue weighted by molar-refractivity contribution is -0.169. The van der Waals surface area contributed by atoms with Crippen LogP contribution in [-0.4, -0.2) is 16.9 Å². The van der Waals surface area contributed by atoms with Crippen LogP contribution in [0.5, 0.6) is 0 Å². The maximum absolute atomic E-state index is 12.2. The molecule has 2 aromatic rings. The SMILES string of the molecule is CCC(=O)OC(C(=O)OCc1ccccc1)c1cccnc1. The molecule has 0 bridgehead atoms. The molecule has 0 aliphatic heterocycles. The molecule has 1 atom stereocenters. The lowest BCUT2D eigenvalue weighted by Crippen LogP contribution is -2.22. The number of esters is 2. The van der Waals surface area contributed by atoms with Crippen LogP contribution in [0, 0.1) is 0 Å². The number of carbonyl (C=O) groups excluding carboxylic acids is 2. The van der Waals surface area contributed by atoms with E-state index in [1.165, 1.54) is 6.20 Å². The zero-order valence-electron chi connectivity index (χ0n) is 12.3. The maximum Gasteiger partial charge on any atom is 0.352 e. The topological polar surface area (TPSA) is 65.5 Å². The molecular weight excluding hydrogens is 282 g/mol. The van der Waals surface area contributed by atoms with Gasteiger partial charge >= 0.3 is 11.9 Å². The molecule has 0 spiro atoms. The average molecular weight is 299 g/mol. The van der Waals surface area contributed by atoms with Gasteiger partial charge in [0.05, 0.1) is 0 Å². The summed E-state index contributed by atoms with van der Waals surface area (Å²) < 4.78 is 10.4. The van der Waals surface area contributed by atoms with Gasteiger partial charge in [-0.05, 0) is 11.6 Å². The van der Waals surface area contributed by atoms with Crippen molar-refractivity contribution < 1.29 is 19.1 Å². The summed E-state index contributed by atoms with van der Waals surface area (Å²) in [7, 11) is 0. The first-order chi connectivity index (χ1) is 10.7. The zero-order chi connectivity index (χ0) is 15.8. The van der Waals surface area contributed by atoms with Gasteiger partial charge in [0.15, 0.2) is 0 Å². The van der Waals surface area contributed by atoms with E-state index in [1.807, 2.05) is 30.3 Å². The van der Waals surface area contributed by atoms with Crippen molar-refractivity contribution in [3.05, 3.63) is 66.0 Å². The molecule has 5 heteroatoms. The fourth-order valence-corrected chi connectivity index (χ4v) is 1.80. The number of rotatable bonds is 6. The van der Waals surface area contributed by atoms with Crippen molar-refractivity contribution in [1.82, 2.24) is 4.98 Å². The van der Waals surface area contributed by atoms with Crippen LogP contribution in [0.1, 0.15) is 30.6 Å². The summed E-state index contributed by atoms with van der Waals surface area (Å²) in [6.45, 7) is 1.79. The number of carbonyl (C=O) groups is 2. The molecule has 22 heavy (non-hydrogen) atoms. The predicted octanol–water partition coefficient (Wildman–Crippen LogP) is 2.82. The van der Waals surface area contributed by atoms with Crippen LogP contribution in [0.3, 0.4) is 0 Å². The van der Waals surface area contributed by atoms with Gasteiger partial charge in [0.25, 0.3) is 0 Å². The van der Waals surface area contributed by atoms with Crippen LogP contribution >= 0.6 is 0 Å². The number of pyridine rings is 1. The van der Waals surface area contributed by atoms with Crippen LogP contribution in [0.4, 0.5) is 0 Å². The fraction of sp³-hybridized carbons (Fsp3) is 0.235. The summed E-state index contributed by atoms with van der Waals surface area (Å²) in [5, 5.41) is 0. The second-order valence-corrected chi connectivity index (χ2v) is 4.60. The van der Waals surface area contributed by atoms with Crippen LogP contribution < -0.4 is 0 Å². The summed E-state index contributed by atoms with van der Waals surface area (Å²) in [5.74, 6) is -1.08. The Morgan fingerprint density at radius 3 is 2.55 bits per heavy atom. The van der Waals surface area contributed by atoms with E-state index in [-0.39, 0.29) is 13.0 Å². The Morgan fingerprint density at radius 1 is 1.14 bits per heavy atom. The van der Waals surface area contributed by atoms with Crippen molar-refractivity contribution in [2.24, 2.45) is 0 Å². The highest BCUT2D eigenvalue weighted by molar-refractivity contribution is 5.80. The maximum atomic E-state index is 12.2. The normalized spacial score (nSPS) is 11.5. The molecule has 5 nitrogen and oxygen atoms in total. The van der Waals surface area contributed by atoms with Crippen molar-refractivity contribution in [3.63, 3.8) is 0 Å². The van der Waals surface area contributed by atoms with Crippen molar-refractivity contribution in [1.29, 1.82) is 0 Å². The molecule has 0 aliphatic rings. The van der Waals surface area contributed by atoms with Gasteiger partial charge in [-0.3, -0.25) is 9.78 Å². The Bertz CT molecular complexity index is 613. The summed E-state index contributed by atoms with van der Waals surface area (Å²) in [4.78, 5) is 27.7. The van der Waals surface area contributed by atoms with Gasteiger partial charge in [-0.1, -0.05) is 43.3 Å². The first-order valence-electron chi connectivity index (χ1n) is 7.00. The van der Waals surface area contributed by atoms with E-state index in [1.54, 1.807) is 25.3 Å². The predicted molar refractivity (Wildman–Crippen MR) is 79.6 cm³/mol. The molecule has 1 unspecified atom stereocenters. The number of aromatic nitrogens is 1. The van der Waals surface area contributed by atoms with Crippen molar-refractivity contribution in [3.8, 4) is 0 Å². The van der Waals surface area contributed by atoms with Crippen molar-refractivity contribution in [2.45, 2.75) is 26.1 Å². The monoisotopic (exact) mass is 299 g/mol. The second-order valence-electron chi connectivity index (χ2n) is 4.60. The Morgan fingerprint density at radius 2 is 1.91 bits per heavy atom. The molecule has 0 saturated carbocycles. The van der Waals surface area contributed by atoms with Crippen molar-refractivity contribution in [2.75, 3.05) is 0 Å². The van der Waals surface area contributed by atoms with Gasteiger partial charge < -0.3 is 9.47 Å². The lowest BCUT2D eigenvalue weighted by Gasteiger charge is -2.16. The van der Waals surface area contributed by atoms with Gasteiger partial charge in [0, 0.05) is 24.4 Å². The Balaban J connectivity index is 2.07. The molecular formula is C17H17NO4. The first kappa shape index (κ1) is 15.7. The molecule has 1 heterocycles. The van der Waals surface area contributed by atoms with Gasteiger partial charge in [-0.25, -0.2) is 4.79 Å². The van der Waals surface area contributed by atoms with E-state index in [2.05, 4.69) is 4.98 Å². The third-order valence-corrected chi connectivity index (χ3v) is 2.96. The Labute approximate surface area is 128 Å². The lowest BCUT2D eigenvalue weighted by atomic mass is 10.1. The van der Waals surface area contributed by atoms with E-state index in [9.17, 15) is 9.59 Å². The quantitative estimate of drug-likeness (QED) is 0.767. The number of hydrogen-bond donors (Lipinski definition) is 0.